The summed E-state index contributed by atoms with van der Waals surface area (Å²) in [5, 5.41) is 1.09. The third-order valence-corrected chi connectivity index (χ3v) is 1.46. The number of aromatic amines is 1. The highest BCUT2D eigenvalue weighted by atomic mass is 14.7. The van der Waals surface area contributed by atoms with Gasteiger partial charge in [0.05, 0.1) is 0 Å². The lowest BCUT2D eigenvalue weighted by atomic mass is 10.0. The fourth-order valence-corrected chi connectivity index (χ4v) is 0.961. The van der Waals surface area contributed by atoms with Crippen LogP contribution >= 0.6 is 0 Å². The fourth-order valence-electron chi connectivity index (χ4n) is 0.961. The summed E-state index contributed by atoms with van der Waals surface area (Å²) < 4.78 is 0. The normalized spacial score (nSPS) is 10.4. The summed E-state index contributed by atoms with van der Waals surface area (Å²) in [7, 11) is 5.45. The minimum absolute atomic E-state index is 0.551. The van der Waals surface area contributed by atoms with Crippen molar-refractivity contribution in [1.29, 1.82) is 0 Å². The first-order valence-corrected chi connectivity index (χ1v) is 3.05. The Bertz CT molecular complexity index is 353. The van der Waals surface area contributed by atoms with Gasteiger partial charge in [-0.05, 0) is 17.7 Å². The average molecular weight is 128 g/mol. The SMILES string of the molecule is [B]c1cc2[nH]ccc2cn1. The summed E-state index contributed by atoms with van der Waals surface area (Å²) in [5.41, 5.74) is 1.59. The molecule has 0 aromatic carbocycles. The van der Waals surface area contributed by atoms with Crippen LogP contribution in [-0.4, -0.2) is 17.8 Å². The number of aromatic nitrogens is 2. The van der Waals surface area contributed by atoms with Crippen LogP contribution in [0.5, 0.6) is 0 Å². The average Bonchev–Trinajstić information content (AvgIpc) is 2.33. The van der Waals surface area contributed by atoms with Gasteiger partial charge in [-0.3, -0.25) is 4.98 Å². The molecule has 2 radical (unpaired) electrons. The van der Waals surface area contributed by atoms with Gasteiger partial charge in [-0.15, -0.1) is 0 Å². The molecule has 0 aliphatic carbocycles. The van der Waals surface area contributed by atoms with Crippen molar-refractivity contribution in [1.82, 2.24) is 9.97 Å². The predicted molar refractivity (Wildman–Crippen MR) is 41.5 cm³/mol. The topological polar surface area (TPSA) is 28.7 Å². The number of H-pyrrole nitrogens is 1. The van der Waals surface area contributed by atoms with Crippen LogP contribution in [0, 0.1) is 0 Å². The highest BCUT2D eigenvalue weighted by Gasteiger charge is 1.91. The van der Waals surface area contributed by atoms with E-state index in [1.165, 1.54) is 0 Å². The second-order valence-corrected chi connectivity index (χ2v) is 2.17. The summed E-state index contributed by atoms with van der Waals surface area (Å²) in [6, 6.07) is 3.77. The number of pyridine rings is 1. The molecule has 2 rings (SSSR count). The van der Waals surface area contributed by atoms with E-state index in [2.05, 4.69) is 9.97 Å². The van der Waals surface area contributed by atoms with Crippen LogP contribution in [0.15, 0.2) is 24.5 Å². The van der Waals surface area contributed by atoms with Gasteiger partial charge in [0.25, 0.3) is 0 Å². The van der Waals surface area contributed by atoms with Crippen LogP contribution in [0.3, 0.4) is 0 Å². The van der Waals surface area contributed by atoms with Crippen LogP contribution in [0.2, 0.25) is 0 Å². The van der Waals surface area contributed by atoms with Gasteiger partial charge in [0.1, 0.15) is 7.85 Å². The molecule has 46 valence electrons. The third kappa shape index (κ3) is 0.710. The van der Waals surface area contributed by atoms with E-state index in [0.29, 0.717) is 5.59 Å². The van der Waals surface area contributed by atoms with Crippen molar-refractivity contribution in [3.05, 3.63) is 24.5 Å². The van der Waals surface area contributed by atoms with E-state index in [1.807, 2.05) is 18.3 Å². The Balaban J connectivity index is 2.86. The first-order chi connectivity index (χ1) is 4.86. The maximum Gasteiger partial charge on any atom is 0.141 e. The van der Waals surface area contributed by atoms with E-state index in [1.54, 1.807) is 6.20 Å². The molecule has 1 N–H and O–H groups in total. The molecule has 0 atom stereocenters. The zero-order valence-corrected chi connectivity index (χ0v) is 5.33. The van der Waals surface area contributed by atoms with Crippen molar-refractivity contribution in [3.63, 3.8) is 0 Å². The largest absolute Gasteiger partial charge is 0.361 e. The third-order valence-electron chi connectivity index (χ3n) is 1.46. The van der Waals surface area contributed by atoms with Crippen molar-refractivity contribution >= 4 is 24.3 Å². The predicted octanol–water partition coefficient (Wildman–Crippen LogP) is 0.357. The maximum atomic E-state index is 5.45. The minimum Gasteiger partial charge on any atom is -0.361 e. The van der Waals surface area contributed by atoms with Gasteiger partial charge in [0, 0.05) is 23.3 Å². The monoisotopic (exact) mass is 128 g/mol. The number of hydrogen-bond acceptors (Lipinski definition) is 1. The van der Waals surface area contributed by atoms with Crippen molar-refractivity contribution in [2.24, 2.45) is 0 Å². The van der Waals surface area contributed by atoms with Crippen molar-refractivity contribution in [2.75, 3.05) is 0 Å². The van der Waals surface area contributed by atoms with Gasteiger partial charge in [-0.2, -0.15) is 0 Å². The van der Waals surface area contributed by atoms with E-state index in [4.69, 9.17) is 7.85 Å². The second-order valence-electron chi connectivity index (χ2n) is 2.17. The van der Waals surface area contributed by atoms with Gasteiger partial charge >= 0.3 is 0 Å². The van der Waals surface area contributed by atoms with E-state index in [-0.39, 0.29) is 0 Å². The molecule has 0 amide bonds. The van der Waals surface area contributed by atoms with E-state index in [9.17, 15) is 0 Å². The maximum absolute atomic E-state index is 5.45. The quantitative estimate of drug-likeness (QED) is 0.509. The van der Waals surface area contributed by atoms with Crippen molar-refractivity contribution in [2.45, 2.75) is 0 Å². The summed E-state index contributed by atoms with van der Waals surface area (Å²) in [5.74, 6) is 0. The van der Waals surface area contributed by atoms with E-state index < -0.39 is 0 Å². The van der Waals surface area contributed by atoms with Crippen molar-refractivity contribution < 1.29 is 0 Å². The van der Waals surface area contributed by atoms with Crippen LogP contribution < -0.4 is 5.59 Å². The molecule has 2 heterocycles. The van der Waals surface area contributed by atoms with Crippen LogP contribution in [0.25, 0.3) is 10.9 Å². The van der Waals surface area contributed by atoms with Gasteiger partial charge in [0.2, 0.25) is 0 Å². The lowest BCUT2D eigenvalue weighted by Gasteiger charge is -1.90. The number of hydrogen-bond donors (Lipinski definition) is 1. The van der Waals surface area contributed by atoms with Crippen LogP contribution in [-0.2, 0) is 0 Å². The van der Waals surface area contributed by atoms with Gasteiger partial charge in [-0.25, -0.2) is 0 Å². The van der Waals surface area contributed by atoms with Gasteiger partial charge in [0.15, 0.2) is 0 Å². The van der Waals surface area contributed by atoms with Crippen LogP contribution in [0.4, 0.5) is 0 Å². The van der Waals surface area contributed by atoms with E-state index in [0.717, 1.165) is 10.9 Å². The number of rotatable bonds is 0. The molecule has 0 bridgehead atoms. The zero-order chi connectivity index (χ0) is 6.97. The lowest BCUT2D eigenvalue weighted by Crippen LogP contribution is -2.05. The molecule has 0 fully saturated rings. The smallest absolute Gasteiger partial charge is 0.141 e. The van der Waals surface area contributed by atoms with Gasteiger partial charge < -0.3 is 4.98 Å². The minimum atomic E-state index is 0.551. The number of nitrogens with one attached hydrogen (secondary N) is 1. The molecule has 2 aromatic heterocycles. The Hall–Kier alpha value is -1.25. The summed E-state index contributed by atoms with van der Waals surface area (Å²) in [6.45, 7) is 0. The number of fused-ring (bicyclic) bond motifs is 1. The Labute approximate surface area is 59.7 Å². The molecule has 0 aliphatic heterocycles. The Morgan fingerprint density at radius 3 is 3.30 bits per heavy atom. The molecule has 0 saturated carbocycles. The molecule has 3 heteroatoms. The second kappa shape index (κ2) is 1.87. The Kier molecular flexibility index (Phi) is 1.03. The standard InChI is InChI=1S/C7H5BN2/c8-7-3-6-5(4-10-7)1-2-9-6/h1-4,9H. The molecule has 0 aliphatic rings. The molecule has 2 nitrogen and oxygen atoms in total. The summed E-state index contributed by atoms with van der Waals surface area (Å²) >= 11 is 0. The van der Waals surface area contributed by atoms with Crippen LogP contribution in [0.1, 0.15) is 0 Å². The lowest BCUT2D eigenvalue weighted by molar-refractivity contribution is 1.41. The van der Waals surface area contributed by atoms with E-state index >= 15 is 0 Å². The molecular formula is C7H5BN2. The molecule has 0 saturated heterocycles. The molecule has 2 aromatic rings. The molecule has 0 unspecified atom stereocenters. The Morgan fingerprint density at radius 1 is 1.50 bits per heavy atom. The highest BCUT2D eigenvalue weighted by Crippen LogP contribution is 2.06. The first kappa shape index (κ1) is 5.53. The molecular weight excluding hydrogens is 123 g/mol. The van der Waals surface area contributed by atoms with Crippen molar-refractivity contribution in [3.8, 4) is 0 Å². The Morgan fingerprint density at radius 2 is 2.40 bits per heavy atom. The molecule has 10 heavy (non-hydrogen) atoms. The summed E-state index contributed by atoms with van der Waals surface area (Å²) in [6.07, 6.45) is 3.62. The number of nitrogens with zero attached hydrogens (tertiary/aromatic N) is 1. The summed E-state index contributed by atoms with van der Waals surface area (Å²) in [4.78, 5) is 6.98. The fraction of sp³-hybridized carbons (Fsp3) is 0. The zero-order valence-electron chi connectivity index (χ0n) is 5.33. The van der Waals surface area contributed by atoms with Gasteiger partial charge in [-0.1, -0.05) is 0 Å². The first-order valence-electron chi connectivity index (χ1n) is 3.05. The highest BCUT2D eigenvalue weighted by molar-refractivity contribution is 6.31. The molecule has 0 spiro atoms.